The van der Waals surface area contributed by atoms with Crippen molar-refractivity contribution in [1.82, 2.24) is 15.0 Å². The Morgan fingerprint density at radius 2 is 1.94 bits per heavy atom. The molecule has 0 spiro atoms. The van der Waals surface area contributed by atoms with E-state index in [1.807, 2.05) is 23.1 Å². The Bertz CT molecular complexity index is 1070. The van der Waals surface area contributed by atoms with Crippen molar-refractivity contribution in [3.05, 3.63) is 59.7 Å². The fourth-order valence-corrected chi connectivity index (χ4v) is 4.04. The number of fused-ring (bicyclic) bond motifs is 1. The normalized spacial score (nSPS) is 20.5. The molecule has 1 aromatic heterocycles. The van der Waals surface area contributed by atoms with Gasteiger partial charge < -0.3 is 24.6 Å². The zero-order valence-electron chi connectivity index (χ0n) is 17.0. The van der Waals surface area contributed by atoms with Gasteiger partial charge in [-0.05, 0) is 36.1 Å². The van der Waals surface area contributed by atoms with Crippen LogP contribution in [0.1, 0.15) is 24.0 Å². The molecule has 5 rings (SSSR count). The Morgan fingerprint density at radius 3 is 2.71 bits per heavy atom. The summed E-state index contributed by atoms with van der Waals surface area (Å²) in [4.78, 5) is 15.7. The molecule has 2 aromatic carbocycles. The number of hydrogen-bond acceptors (Lipinski definition) is 8. The minimum Gasteiger partial charge on any atom is -0.508 e. The van der Waals surface area contributed by atoms with Crippen LogP contribution in [0, 0.1) is 0 Å². The first-order valence-electron chi connectivity index (χ1n) is 10.5. The molecule has 2 atom stereocenters. The second-order valence-electron chi connectivity index (χ2n) is 7.79. The van der Waals surface area contributed by atoms with Gasteiger partial charge in [-0.3, -0.25) is 0 Å². The van der Waals surface area contributed by atoms with Crippen molar-refractivity contribution in [2.24, 2.45) is 0 Å². The predicted octanol–water partition coefficient (Wildman–Crippen LogP) is 2.68. The van der Waals surface area contributed by atoms with Gasteiger partial charge in [-0.15, -0.1) is 0 Å². The Hall–Kier alpha value is -3.23. The van der Waals surface area contributed by atoms with Gasteiger partial charge in [0.2, 0.25) is 12.2 Å². The van der Waals surface area contributed by atoms with Gasteiger partial charge in [-0.2, -0.15) is 15.0 Å². The molecule has 0 aliphatic carbocycles. The lowest BCUT2D eigenvalue weighted by Gasteiger charge is -2.36. The third-order valence-electron chi connectivity index (χ3n) is 5.66. The van der Waals surface area contributed by atoms with Crippen molar-refractivity contribution in [3.8, 4) is 23.1 Å². The zero-order chi connectivity index (χ0) is 21.2. The number of phenols is 1. The van der Waals surface area contributed by atoms with E-state index in [2.05, 4.69) is 27.1 Å². The molecular formula is C23H24N4O4. The Kier molecular flexibility index (Phi) is 5.40. The maximum Gasteiger partial charge on any atom is 0.324 e. The summed E-state index contributed by atoms with van der Waals surface area (Å²) < 4.78 is 11.5. The topological polar surface area (TPSA) is 101 Å². The first-order chi connectivity index (χ1) is 15.2. The Balaban J connectivity index is 1.55. The highest BCUT2D eigenvalue weighted by molar-refractivity contribution is 5.59. The summed E-state index contributed by atoms with van der Waals surface area (Å²) in [5.74, 6) is 0.945. The van der Waals surface area contributed by atoms with Crippen molar-refractivity contribution < 1.29 is 19.7 Å². The van der Waals surface area contributed by atoms with E-state index in [4.69, 9.17) is 9.47 Å². The van der Waals surface area contributed by atoms with E-state index < -0.39 is 0 Å². The average Bonchev–Trinajstić information content (AvgIpc) is 3.31. The quantitative estimate of drug-likeness (QED) is 0.650. The van der Waals surface area contributed by atoms with E-state index in [1.54, 1.807) is 18.2 Å². The summed E-state index contributed by atoms with van der Waals surface area (Å²) >= 11 is 0. The number of aromatic hydroxyl groups is 1. The van der Waals surface area contributed by atoms with Gasteiger partial charge in [0.1, 0.15) is 5.75 Å². The number of nitrogens with zero attached hydrogens (tertiary/aromatic N) is 4. The Labute approximate surface area is 180 Å². The first kappa shape index (κ1) is 19.7. The minimum atomic E-state index is -0.386. The fraction of sp³-hybridized carbons (Fsp3) is 0.348. The third kappa shape index (κ3) is 4.17. The molecule has 8 heteroatoms. The fourth-order valence-electron chi connectivity index (χ4n) is 4.04. The molecular weight excluding hydrogens is 396 g/mol. The minimum absolute atomic E-state index is 0.0244. The van der Waals surface area contributed by atoms with Crippen molar-refractivity contribution >= 4 is 5.95 Å². The molecule has 0 radical (unpaired) electrons. The number of aromatic nitrogens is 3. The van der Waals surface area contributed by atoms with Gasteiger partial charge in [0.15, 0.2) is 5.82 Å². The maximum absolute atomic E-state index is 10.1. The van der Waals surface area contributed by atoms with Crippen LogP contribution in [0.4, 0.5) is 5.95 Å². The summed E-state index contributed by atoms with van der Waals surface area (Å²) in [5, 5.41) is 20.0. The van der Waals surface area contributed by atoms with E-state index in [9.17, 15) is 10.2 Å². The van der Waals surface area contributed by atoms with Crippen LogP contribution in [0.25, 0.3) is 11.4 Å². The molecule has 1 unspecified atom stereocenters. The first-order valence-corrected chi connectivity index (χ1v) is 10.5. The van der Waals surface area contributed by atoms with E-state index in [0.29, 0.717) is 36.9 Å². The van der Waals surface area contributed by atoms with Crippen molar-refractivity contribution in [2.45, 2.75) is 38.1 Å². The van der Waals surface area contributed by atoms with Gasteiger partial charge >= 0.3 is 6.01 Å². The zero-order valence-corrected chi connectivity index (χ0v) is 17.0. The van der Waals surface area contributed by atoms with Crippen LogP contribution < -0.4 is 9.64 Å². The van der Waals surface area contributed by atoms with Gasteiger partial charge in [0.05, 0.1) is 19.3 Å². The van der Waals surface area contributed by atoms with Crippen LogP contribution in [0.15, 0.2) is 48.5 Å². The van der Waals surface area contributed by atoms with Gasteiger partial charge in [-0.1, -0.05) is 36.4 Å². The number of hydrogen-bond donors (Lipinski definition) is 2. The maximum atomic E-state index is 10.1. The van der Waals surface area contributed by atoms with Gasteiger partial charge in [-0.25, -0.2) is 0 Å². The number of rotatable bonds is 5. The number of anilines is 1. The molecule has 1 saturated heterocycles. The molecule has 160 valence electrons. The number of phenolic OH excluding ortho intramolecular Hbond substituents is 1. The number of aliphatic hydroxyl groups is 1. The van der Waals surface area contributed by atoms with E-state index in [0.717, 1.165) is 12.8 Å². The number of ether oxygens (including phenoxy) is 2. The van der Waals surface area contributed by atoms with Crippen LogP contribution in [0.5, 0.6) is 11.8 Å². The van der Waals surface area contributed by atoms with Crippen molar-refractivity contribution in [2.75, 3.05) is 18.1 Å². The highest BCUT2D eigenvalue weighted by Crippen LogP contribution is 2.30. The van der Waals surface area contributed by atoms with Gasteiger partial charge in [0.25, 0.3) is 0 Å². The molecule has 3 aromatic rings. The second kappa shape index (κ2) is 8.49. The summed E-state index contributed by atoms with van der Waals surface area (Å²) in [6.07, 6.45) is 2.01. The van der Waals surface area contributed by atoms with Crippen molar-refractivity contribution in [1.29, 1.82) is 0 Å². The SMILES string of the molecule is OC[C@H]1Cc2ccccc2CN1c1nc(OC2CCCO2)nc(-c2cccc(O)c2)n1. The molecule has 0 bridgehead atoms. The van der Waals surface area contributed by atoms with E-state index in [1.165, 1.54) is 11.1 Å². The molecule has 31 heavy (non-hydrogen) atoms. The largest absolute Gasteiger partial charge is 0.508 e. The molecule has 0 amide bonds. The highest BCUT2D eigenvalue weighted by atomic mass is 16.7. The smallest absolute Gasteiger partial charge is 0.324 e. The predicted molar refractivity (Wildman–Crippen MR) is 114 cm³/mol. The molecule has 2 aliphatic rings. The van der Waals surface area contributed by atoms with Crippen LogP contribution in [0.3, 0.4) is 0 Å². The molecule has 2 aliphatic heterocycles. The summed E-state index contributed by atoms with van der Waals surface area (Å²) in [6, 6.07) is 15.0. The van der Waals surface area contributed by atoms with Gasteiger partial charge in [0, 0.05) is 18.5 Å². The second-order valence-corrected chi connectivity index (χ2v) is 7.79. The standard InChI is InChI=1S/C23H24N4O4/c28-14-18-11-15-5-1-2-6-17(15)13-27(18)22-24-21(16-7-3-8-19(29)12-16)25-23(26-22)31-20-9-4-10-30-20/h1-3,5-8,12,18,20,28-29H,4,9-11,13-14H2/t18-,20?/m1/s1. The van der Waals surface area contributed by atoms with Crippen LogP contribution in [0.2, 0.25) is 0 Å². The van der Waals surface area contributed by atoms with Crippen LogP contribution in [-0.2, 0) is 17.7 Å². The lowest BCUT2D eigenvalue weighted by atomic mass is 9.94. The lowest BCUT2D eigenvalue weighted by molar-refractivity contribution is -0.0445. The molecule has 0 saturated carbocycles. The third-order valence-corrected chi connectivity index (χ3v) is 5.66. The summed E-state index contributed by atoms with van der Waals surface area (Å²) in [5.41, 5.74) is 3.04. The molecule has 3 heterocycles. The Morgan fingerprint density at radius 1 is 1.06 bits per heavy atom. The summed E-state index contributed by atoms with van der Waals surface area (Å²) in [7, 11) is 0. The van der Waals surface area contributed by atoms with E-state index in [-0.39, 0.29) is 30.7 Å². The average molecular weight is 420 g/mol. The van der Waals surface area contributed by atoms with Crippen LogP contribution in [-0.4, -0.2) is 50.7 Å². The van der Waals surface area contributed by atoms with E-state index >= 15 is 0 Å². The lowest BCUT2D eigenvalue weighted by Crippen LogP contribution is -2.44. The monoisotopic (exact) mass is 420 g/mol. The molecule has 1 fully saturated rings. The molecule has 8 nitrogen and oxygen atoms in total. The van der Waals surface area contributed by atoms with Crippen LogP contribution >= 0.6 is 0 Å². The van der Waals surface area contributed by atoms with Crippen molar-refractivity contribution in [3.63, 3.8) is 0 Å². The molecule has 2 N–H and O–H groups in total. The number of benzene rings is 2. The highest BCUT2D eigenvalue weighted by Gasteiger charge is 2.29. The number of aliphatic hydroxyl groups excluding tert-OH is 1. The summed E-state index contributed by atoms with van der Waals surface area (Å²) in [6.45, 7) is 1.20.